The van der Waals surface area contributed by atoms with Gasteiger partial charge in [0.1, 0.15) is 5.82 Å². The molecular weight excluding hydrogens is 334 g/mol. The maximum absolute atomic E-state index is 6.13. The number of nitrogens with two attached hydrogens (primary N) is 1. The average molecular weight is 354 g/mol. The molecule has 2 N–H and O–H groups in total. The van der Waals surface area contributed by atoms with Gasteiger partial charge in [0.25, 0.3) is 0 Å². The van der Waals surface area contributed by atoms with Gasteiger partial charge in [-0.05, 0) is 39.0 Å². The van der Waals surface area contributed by atoms with E-state index in [-0.39, 0.29) is 5.92 Å². The molecule has 0 bridgehead atoms. The quantitative estimate of drug-likeness (QED) is 0.912. The Kier molecular flexibility index (Phi) is 4.46. The van der Waals surface area contributed by atoms with Crippen LogP contribution in [0.25, 0.3) is 11.1 Å². The van der Waals surface area contributed by atoms with Crippen LogP contribution >= 0.6 is 15.9 Å². The molecule has 2 rings (SSSR count). The molecule has 0 spiro atoms. The van der Waals surface area contributed by atoms with Crippen LogP contribution in [0.1, 0.15) is 25.3 Å². The summed E-state index contributed by atoms with van der Waals surface area (Å²) in [5.74, 6) is 2.25. The Morgan fingerprint density at radius 2 is 1.90 bits per heavy atom. The van der Waals surface area contributed by atoms with Crippen LogP contribution in [0, 0.1) is 0 Å². The number of hydrogen-bond donors (Lipinski definition) is 1. The van der Waals surface area contributed by atoms with Crippen molar-refractivity contribution >= 4 is 21.7 Å². The van der Waals surface area contributed by atoms with Gasteiger partial charge in [-0.1, -0.05) is 13.8 Å². The van der Waals surface area contributed by atoms with Crippen LogP contribution in [0.5, 0.6) is 11.5 Å². The minimum atomic E-state index is 0.286. The van der Waals surface area contributed by atoms with E-state index in [0.29, 0.717) is 17.3 Å². The van der Waals surface area contributed by atoms with Gasteiger partial charge in [-0.2, -0.15) is 5.10 Å². The molecule has 1 aromatic heterocycles. The second kappa shape index (κ2) is 5.97. The van der Waals surface area contributed by atoms with Gasteiger partial charge in [-0.3, -0.25) is 4.68 Å². The lowest BCUT2D eigenvalue weighted by atomic mass is 9.93. The fourth-order valence-corrected chi connectivity index (χ4v) is 3.44. The molecule has 0 amide bonds. The van der Waals surface area contributed by atoms with E-state index in [1.807, 2.05) is 13.1 Å². The van der Waals surface area contributed by atoms with Crippen LogP contribution in [0.4, 0.5) is 5.82 Å². The second-order valence-corrected chi connectivity index (χ2v) is 5.90. The standard InChI is InChI=1S/C15H20BrN3O2/c1-8(2)12-9(10-7-18-19(3)15(10)17)6-11(20-4)14(21-5)13(12)16/h6-8H,17H2,1-5H3. The van der Waals surface area contributed by atoms with E-state index >= 15 is 0 Å². The van der Waals surface area contributed by atoms with Crippen molar-refractivity contribution in [2.24, 2.45) is 7.05 Å². The summed E-state index contributed by atoms with van der Waals surface area (Å²) in [6, 6.07) is 1.95. The molecule has 2 aromatic rings. The molecule has 0 saturated heterocycles. The van der Waals surface area contributed by atoms with E-state index < -0.39 is 0 Å². The fourth-order valence-electron chi connectivity index (χ4n) is 2.41. The fraction of sp³-hybridized carbons (Fsp3) is 0.400. The first kappa shape index (κ1) is 15.7. The normalized spacial score (nSPS) is 11.0. The van der Waals surface area contributed by atoms with E-state index in [1.54, 1.807) is 25.1 Å². The number of anilines is 1. The minimum absolute atomic E-state index is 0.286. The summed E-state index contributed by atoms with van der Waals surface area (Å²) in [6.07, 6.45) is 1.77. The van der Waals surface area contributed by atoms with Gasteiger partial charge in [-0.15, -0.1) is 0 Å². The number of nitrogens with zero attached hydrogens (tertiary/aromatic N) is 2. The van der Waals surface area contributed by atoms with Gasteiger partial charge in [0.2, 0.25) is 0 Å². The summed E-state index contributed by atoms with van der Waals surface area (Å²) in [5.41, 5.74) is 9.14. The predicted molar refractivity (Wildman–Crippen MR) is 87.9 cm³/mol. The third kappa shape index (κ3) is 2.60. The number of benzene rings is 1. The third-order valence-corrected chi connectivity index (χ3v) is 4.29. The van der Waals surface area contributed by atoms with E-state index in [1.165, 1.54) is 0 Å². The first-order valence-electron chi connectivity index (χ1n) is 6.64. The summed E-state index contributed by atoms with van der Waals surface area (Å²) in [7, 11) is 5.07. The highest BCUT2D eigenvalue weighted by molar-refractivity contribution is 9.10. The summed E-state index contributed by atoms with van der Waals surface area (Å²) in [6.45, 7) is 4.25. The smallest absolute Gasteiger partial charge is 0.175 e. The summed E-state index contributed by atoms with van der Waals surface area (Å²) in [5, 5.41) is 4.23. The Hall–Kier alpha value is -1.69. The first-order chi connectivity index (χ1) is 9.92. The number of nitrogen functional groups attached to an aromatic ring is 1. The molecule has 5 nitrogen and oxygen atoms in total. The van der Waals surface area contributed by atoms with Gasteiger partial charge in [0, 0.05) is 12.6 Å². The largest absolute Gasteiger partial charge is 0.493 e. The molecule has 0 aliphatic heterocycles. The number of rotatable bonds is 4. The maximum Gasteiger partial charge on any atom is 0.175 e. The van der Waals surface area contributed by atoms with Crippen molar-refractivity contribution in [3.05, 3.63) is 22.3 Å². The average Bonchev–Trinajstić information content (AvgIpc) is 2.77. The van der Waals surface area contributed by atoms with Gasteiger partial charge >= 0.3 is 0 Å². The molecule has 6 heteroatoms. The Bertz CT molecular complexity index is 665. The zero-order valence-corrected chi connectivity index (χ0v) is 14.5. The molecule has 0 fully saturated rings. The molecule has 0 radical (unpaired) electrons. The van der Waals surface area contributed by atoms with Crippen molar-refractivity contribution < 1.29 is 9.47 Å². The lowest BCUT2D eigenvalue weighted by molar-refractivity contribution is 0.352. The van der Waals surface area contributed by atoms with E-state index in [9.17, 15) is 0 Å². The maximum atomic E-state index is 6.13. The molecular formula is C15H20BrN3O2. The summed E-state index contributed by atoms with van der Waals surface area (Å²) >= 11 is 3.64. The third-order valence-electron chi connectivity index (χ3n) is 3.50. The lowest BCUT2D eigenvalue weighted by Gasteiger charge is -2.20. The first-order valence-corrected chi connectivity index (χ1v) is 7.43. The number of ether oxygens (including phenoxy) is 2. The van der Waals surface area contributed by atoms with Crippen molar-refractivity contribution in [1.82, 2.24) is 9.78 Å². The van der Waals surface area contributed by atoms with Crippen molar-refractivity contribution in [1.29, 1.82) is 0 Å². The van der Waals surface area contributed by atoms with Crippen LogP contribution < -0.4 is 15.2 Å². The molecule has 1 heterocycles. The molecule has 114 valence electrons. The van der Waals surface area contributed by atoms with E-state index in [2.05, 4.69) is 34.9 Å². The van der Waals surface area contributed by atoms with Crippen LogP contribution in [-0.4, -0.2) is 24.0 Å². The van der Waals surface area contributed by atoms with Crippen LogP contribution in [0.2, 0.25) is 0 Å². The number of aryl methyl sites for hydroxylation is 1. The summed E-state index contributed by atoms with van der Waals surface area (Å²) in [4.78, 5) is 0. The van der Waals surface area contributed by atoms with Crippen LogP contribution in [0.3, 0.4) is 0 Å². The molecule has 0 unspecified atom stereocenters. The molecule has 1 aromatic carbocycles. The van der Waals surface area contributed by atoms with Crippen molar-refractivity contribution in [3.8, 4) is 22.6 Å². The lowest BCUT2D eigenvalue weighted by Crippen LogP contribution is -2.02. The Morgan fingerprint density at radius 1 is 1.24 bits per heavy atom. The zero-order chi connectivity index (χ0) is 15.7. The number of hydrogen-bond acceptors (Lipinski definition) is 4. The monoisotopic (exact) mass is 353 g/mol. The molecule has 0 aliphatic rings. The highest BCUT2D eigenvalue weighted by Gasteiger charge is 2.23. The van der Waals surface area contributed by atoms with Gasteiger partial charge in [-0.25, -0.2) is 0 Å². The van der Waals surface area contributed by atoms with Crippen molar-refractivity contribution in [3.63, 3.8) is 0 Å². The van der Waals surface area contributed by atoms with E-state index in [4.69, 9.17) is 15.2 Å². The van der Waals surface area contributed by atoms with Gasteiger partial charge in [0.05, 0.1) is 24.9 Å². The van der Waals surface area contributed by atoms with Crippen LogP contribution in [0.15, 0.2) is 16.7 Å². The van der Waals surface area contributed by atoms with E-state index in [0.717, 1.165) is 21.2 Å². The molecule has 21 heavy (non-hydrogen) atoms. The number of methoxy groups -OCH3 is 2. The molecule has 0 atom stereocenters. The number of halogens is 1. The topological polar surface area (TPSA) is 62.3 Å². The molecule has 0 aliphatic carbocycles. The highest BCUT2D eigenvalue weighted by atomic mass is 79.9. The van der Waals surface area contributed by atoms with Crippen molar-refractivity contribution in [2.75, 3.05) is 20.0 Å². The number of aromatic nitrogens is 2. The zero-order valence-electron chi connectivity index (χ0n) is 12.9. The SMILES string of the molecule is COc1cc(-c2cnn(C)c2N)c(C(C)C)c(Br)c1OC. The second-order valence-electron chi connectivity index (χ2n) is 5.11. The highest BCUT2D eigenvalue weighted by Crippen LogP contribution is 2.46. The Labute approximate surface area is 133 Å². The van der Waals surface area contributed by atoms with Gasteiger partial charge in [0.15, 0.2) is 11.5 Å². The van der Waals surface area contributed by atoms with Crippen LogP contribution in [-0.2, 0) is 7.05 Å². The predicted octanol–water partition coefficient (Wildman–Crippen LogP) is 3.57. The Morgan fingerprint density at radius 3 is 2.33 bits per heavy atom. The summed E-state index contributed by atoms with van der Waals surface area (Å²) < 4.78 is 13.4. The molecule has 0 saturated carbocycles. The van der Waals surface area contributed by atoms with Crippen molar-refractivity contribution in [2.45, 2.75) is 19.8 Å². The minimum Gasteiger partial charge on any atom is -0.493 e. The Balaban J connectivity index is 2.81. The van der Waals surface area contributed by atoms with Gasteiger partial charge < -0.3 is 15.2 Å².